The molecule has 0 saturated heterocycles. The zero-order chi connectivity index (χ0) is 13.4. The van der Waals surface area contributed by atoms with Gasteiger partial charge in [0.1, 0.15) is 5.82 Å². The van der Waals surface area contributed by atoms with Crippen molar-refractivity contribution in [2.45, 2.75) is 38.5 Å². The monoisotopic (exact) mass is 258 g/mol. The maximum absolute atomic E-state index is 13.7. The number of nitrogens with one attached hydrogen (secondary N) is 1. The number of rotatable bonds is 2. The predicted octanol–water partition coefficient (Wildman–Crippen LogP) is 4.38. The van der Waals surface area contributed by atoms with Crippen molar-refractivity contribution in [3.05, 3.63) is 35.3 Å². The van der Waals surface area contributed by atoms with Crippen molar-refractivity contribution in [2.75, 3.05) is 12.4 Å². The summed E-state index contributed by atoms with van der Waals surface area (Å²) in [5.41, 5.74) is 3.59. The Morgan fingerprint density at radius 2 is 1.95 bits per heavy atom. The Labute approximate surface area is 113 Å². The van der Waals surface area contributed by atoms with Gasteiger partial charge in [0, 0.05) is 35.8 Å². The van der Waals surface area contributed by atoms with E-state index in [1.54, 1.807) is 13.0 Å². The summed E-state index contributed by atoms with van der Waals surface area (Å²) in [5.74, 6) is 0.367. The Morgan fingerprint density at radius 3 is 2.63 bits per heavy atom. The molecule has 3 rings (SSSR count). The third-order valence-corrected chi connectivity index (χ3v) is 4.15. The topological polar surface area (TPSA) is 24.9 Å². The first kappa shape index (κ1) is 12.4. The van der Waals surface area contributed by atoms with Crippen molar-refractivity contribution >= 4 is 16.6 Å². The van der Waals surface area contributed by atoms with Crippen LogP contribution in [0.1, 0.15) is 42.9 Å². The lowest BCUT2D eigenvalue weighted by Gasteiger charge is -2.14. The van der Waals surface area contributed by atoms with E-state index in [1.807, 2.05) is 13.1 Å². The van der Waals surface area contributed by atoms with Gasteiger partial charge in [-0.1, -0.05) is 12.8 Å². The molecule has 0 amide bonds. The summed E-state index contributed by atoms with van der Waals surface area (Å²) in [6, 6.07) is 5.57. The van der Waals surface area contributed by atoms with Crippen LogP contribution in [0.3, 0.4) is 0 Å². The smallest absolute Gasteiger partial charge is 0.128 e. The number of fused-ring (bicyclic) bond motifs is 1. The fourth-order valence-corrected chi connectivity index (χ4v) is 3.01. The molecule has 1 aliphatic rings. The largest absolute Gasteiger partial charge is 0.388 e. The highest BCUT2D eigenvalue weighted by atomic mass is 19.1. The number of hydrogen-bond donors (Lipinski definition) is 1. The summed E-state index contributed by atoms with van der Waals surface area (Å²) in [7, 11) is 1.91. The second kappa shape index (κ2) is 4.80. The van der Waals surface area contributed by atoms with Crippen LogP contribution >= 0.6 is 0 Å². The lowest BCUT2D eigenvalue weighted by atomic mass is 10.0. The van der Waals surface area contributed by atoms with Crippen LogP contribution in [-0.4, -0.2) is 12.0 Å². The minimum absolute atomic E-state index is 0.175. The molecule has 100 valence electrons. The number of hydrogen-bond acceptors (Lipinski definition) is 2. The zero-order valence-corrected chi connectivity index (χ0v) is 11.5. The van der Waals surface area contributed by atoms with E-state index in [1.165, 1.54) is 25.7 Å². The average Bonchev–Trinajstić information content (AvgIpc) is 2.93. The molecule has 2 nitrogen and oxygen atoms in total. The maximum atomic E-state index is 13.7. The zero-order valence-electron chi connectivity index (χ0n) is 11.5. The molecule has 1 heterocycles. The van der Waals surface area contributed by atoms with Gasteiger partial charge in [-0.15, -0.1) is 0 Å². The molecular weight excluding hydrogens is 239 g/mol. The van der Waals surface area contributed by atoms with E-state index in [-0.39, 0.29) is 5.82 Å². The van der Waals surface area contributed by atoms with Crippen LogP contribution in [0.5, 0.6) is 0 Å². The van der Waals surface area contributed by atoms with Crippen molar-refractivity contribution in [3.63, 3.8) is 0 Å². The van der Waals surface area contributed by atoms with Crippen LogP contribution in [0.15, 0.2) is 18.2 Å². The van der Waals surface area contributed by atoms with Gasteiger partial charge in [-0.25, -0.2) is 4.39 Å². The molecule has 3 heteroatoms. The van der Waals surface area contributed by atoms with Gasteiger partial charge in [0.25, 0.3) is 0 Å². The lowest BCUT2D eigenvalue weighted by molar-refractivity contribution is 0.620. The fourth-order valence-electron chi connectivity index (χ4n) is 3.01. The first-order chi connectivity index (χ1) is 9.19. The van der Waals surface area contributed by atoms with Crippen molar-refractivity contribution in [1.29, 1.82) is 0 Å². The van der Waals surface area contributed by atoms with Crippen LogP contribution in [0, 0.1) is 12.7 Å². The van der Waals surface area contributed by atoms with Crippen LogP contribution in [0.4, 0.5) is 10.1 Å². The highest BCUT2D eigenvalue weighted by Crippen LogP contribution is 2.36. The van der Waals surface area contributed by atoms with Crippen LogP contribution in [0.25, 0.3) is 10.9 Å². The maximum Gasteiger partial charge on any atom is 0.128 e. The van der Waals surface area contributed by atoms with Crippen molar-refractivity contribution in [1.82, 2.24) is 4.98 Å². The van der Waals surface area contributed by atoms with Gasteiger partial charge >= 0.3 is 0 Å². The van der Waals surface area contributed by atoms with Gasteiger partial charge in [0.05, 0.1) is 5.52 Å². The van der Waals surface area contributed by atoms with Gasteiger partial charge in [-0.05, 0) is 37.5 Å². The molecule has 19 heavy (non-hydrogen) atoms. The lowest BCUT2D eigenvalue weighted by Crippen LogP contribution is -2.01. The van der Waals surface area contributed by atoms with E-state index in [9.17, 15) is 4.39 Å². The van der Waals surface area contributed by atoms with E-state index in [2.05, 4.69) is 16.4 Å². The van der Waals surface area contributed by atoms with E-state index in [0.29, 0.717) is 11.5 Å². The SMILES string of the molecule is CNc1cc(C2CCCC2)nc2cc(F)c(C)cc12. The van der Waals surface area contributed by atoms with Crippen molar-refractivity contribution < 1.29 is 4.39 Å². The molecule has 1 fully saturated rings. The third kappa shape index (κ3) is 2.18. The Kier molecular flexibility index (Phi) is 3.13. The van der Waals surface area contributed by atoms with Crippen LogP contribution in [-0.2, 0) is 0 Å². The molecule has 0 atom stereocenters. The normalized spacial score (nSPS) is 16.2. The van der Waals surface area contributed by atoms with E-state index in [4.69, 9.17) is 0 Å². The first-order valence-corrected chi connectivity index (χ1v) is 6.97. The fraction of sp³-hybridized carbons (Fsp3) is 0.438. The minimum atomic E-state index is -0.175. The van der Waals surface area contributed by atoms with Gasteiger partial charge in [-0.3, -0.25) is 4.98 Å². The molecule has 1 N–H and O–H groups in total. The van der Waals surface area contributed by atoms with E-state index >= 15 is 0 Å². The quantitative estimate of drug-likeness (QED) is 0.864. The van der Waals surface area contributed by atoms with Gasteiger partial charge in [0.2, 0.25) is 0 Å². The molecule has 0 unspecified atom stereocenters. The van der Waals surface area contributed by atoms with Gasteiger partial charge in [0.15, 0.2) is 0 Å². The summed E-state index contributed by atoms with van der Waals surface area (Å²) in [5, 5.41) is 4.22. The summed E-state index contributed by atoms with van der Waals surface area (Å²) < 4.78 is 13.7. The first-order valence-electron chi connectivity index (χ1n) is 6.97. The number of benzene rings is 1. The second-order valence-corrected chi connectivity index (χ2v) is 5.44. The highest BCUT2D eigenvalue weighted by Gasteiger charge is 2.20. The van der Waals surface area contributed by atoms with E-state index in [0.717, 1.165) is 22.3 Å². The molecule has 0 bridgehead atoms. The Balaban J connectivity index is 2.18. The molecule has 1 saturated carbocycles. The molecule has 0 spiro atoms. The Bertz CT molecular complexity index is 616. The van der Waals surface area contributed by atoms with Gasteiger partial charge in [-0.2, -0.15) is 0 Å². The average molecular weight is 258 g/mol. The second-order valence-electron chi connectivity index (χ2n) is 5.44. The van der Waals surface area contributed by atoms with Crippen LogP contribution < -0.4 is 5.32 Å². The van der Waals surface area contributed by atoms with E-state index < -0.39 is 0 Å². The Hall–Kier alpha value is -1.64. The number of anilines is 1. The summed E-state index contributed by atoms with van der Waals surface area (Å²) in [6.07, 6.45) is 4.97. The summed E-state index contributed by atoms with van der Waals surface area (Å²) >= 11 is 0. The molecule has 1 aromatic carbocycles. The molecule has 1 aliphatic carbocycles. The number of nitrogens with zero attached hydrogens (tertiary/aromatic N) is 1. The standard InChI is InChI=1S/C16H19FN2/c1-10-7-12-15(18-2)9-14(11-5-3-4-6-11)19-16(12)8-13(10)17/h7-9,11H,3-6H2,1-2H3,(H,18,19). The number of pyridine rings is 1. The molecule has 0 radical (unpaired) electrons. The third-order valence-electron chi connectivity index (χ3n) is 4.15. The number of aryl methyl sites for hydroxylation is 1. The molecule has 2 aromatic rings. The molecule has 0 aliphatic heterocycles. The predicted molar refractivity (Wildman–Crippen MR) is 77.2 cm³/mol. The summed E-state index contributed by atoms with van der Waals surface area (Å²) in [4.78, 5) is 4.69. The van der Waals surface area contributed by atoms with Crippen molar-refractivity contribution in [2.24, 2.45) is 0 Å². The number of aromatic nitrogens is 1. The van der Waals surface area contributed by atoms with Gasteiger partial charge < -0.3 is 5.32 Å². The number of halogens is 1. The summed E-state index contributed by atoms with van der Waals surface area (Å²) in [6.45, 7) is 1.79. The molecular formula is C16H19FN2. The minimum Gasteiger partial charge on any atom is -0.388 e. The van der Waals surface area contributed by atoms with Crippen LogP contribution in [0.2, 0.25) is 0 Å². The highest BCUT2D eigenvalue weighted by molar-refractivity contribution is 5.92. The Morgan fingerprint density at radius 1 is 1.21 bits per heavy atom. The van der Waals surface area contributed by atoms with Crippen molar-refractivity contribution in [3.8, 4) is 0 Å². The molecule has 1 aromatic heterocycles.